The van der Waals surface area contributed by atoms with Crippen molar-refractivity contribution in [3.05, 3.63) is 94.7 Å². The van der Waals surface area contributed by atoms with Gasteiger partial charge >= 0.3 is 0 Å². The van der Waals surface area contributed by atoms with Gasteiger partial charge in [-0.15, -0.1) is 56.7 Å². The Hall–Kier alpha value is -3.42. The van der Waals surface area contributed by atoms with Crippen molar-refractivity contribution in [2.75, 3.05) is 0 Å². The molecular weight excluding hydrogens is 809 g/mol. The Bertz CT molecular complexity index is 2500. The quantitative estimate of drug-likeness (QED) is 0.0909. The fourth-order valence-corrected chi connectivity index (χ4v) is 13.7. The van der Waals surface area contributed by atoms with Gasteiger partial charge < -0.3 is 0 Å². The number of nitrogens with zero attached hydrogens (tertiary/aromatic N) is 4. The normalized spacial score (nSPS) is 11.8. The second-order valence-corrected chi connectivity index (χ2v) is 20.5. The van der Waals surface area contributed by atoms with Crippen molar-refractivity contribution in [2.24, 2.45) is 0 Å². The Morgan fingerprint density at radius 3 is 1.00 bits per heavy atom. The molecule has 4 nitrogen and oxygen atoms in total. The van der Waals surface area contributed by atoms with Gasteiger partial charge in [0, 0.05) is 71.0 Å². The number of thiophene rings is 5. The van der Waals surface area contributed by atoms with Crippen LogP contribution in [0.4, 0.5) is 0 Å². The second kappa shape index (κ2) is 17.0. The van der Waals surface area contributed by atoms with Crippen molar-refractivity contribution in [1.29, 1.82) is 0 Å². The van der Waals surface area contributed by atoms with Crippen molar-refractivity contribution >= 4 is 102 Å². The van der Waals surface area contributed by atoms with E-state index in [-0.39, 0.29) is 0 Å². The van der Waals surface area contributed by atoms with Gasteiger partial charge in [0.15, 0.2) is 0 Å². The first-order valence-electron chi connectivity index (χ1n) is 19.2. The van der Waals surface area contributed by atoms with Crippen LogP contribution in [-0.4, -0.2) is 17.5 Å². The minimum atomic E-state index is 1.00. The standard InChI is InChI=1S/C44H40N4S7/c1-3-5-7-9-11-27-13-19-33(49-27)29-15-17-31(43-41(29)45-54-47-43)35-21-23-37(51-35)39-25-26-40(53-39)38-24-22-36(52-38)32-18-16-30(42-44(32)48-55-46-42)34-20-14-28(50-34)12-10-8-6-4-2/h13-26H,3-12H2,1-2H3. The molecule has 0 bridgehead atoms. The first kappa shape index (κ1) is 37.2. The Morgan fingerprint density at radius 1 is 0.327 bits per heavy atom. The lowest BCUT2D eigenvalue weighted by Gasteiger charge is -2.04. The van der Waals surface area contributed by atoms with Crippen LogP contribution in [-0.2, 0) is 12.8 Å². The summed E-state index contributed by atoms with van der Waals surface area (Å²) in [5.41, 5.74) is 8.74. The van der Waals surface area contributed by atoms with Gasteiger partial charge in [-0.2, -0.15) is 17.5 Å². The lowest BCUT2D eigenvalue weighted by atomic mass is 10.1. The van der Waals surface area contributed by atoms with E-state index in [0.717, 1.165) is 46.0 Å². The van der Waals surface area contributed by atoms with Gasteiger partial charge in [0.2, 0.25) is 0 Å². The predicted octanol–water partition coefficient (Wildman–Crippen LogP) is 16.3. The highest BCUT2D eigenvalue weighted by molar-refractivity contribution is 7.28. The average Bonchev–Trinajstić information content (AvgIpc) is 4.05. The van der Waals surface area contributed by atoms with Gasteiger partial charge in [-0.25, -0.2) is 0 Å². The van der Waals surface area contributed by atoms with Crippen molar-refractivity contribution in [3.8, 4) is 61.3 Å². The van der Waals surface area contributed by atoms with E-state index in [0.29, 0.717) is 0 Å². The molecule has 0 saturated carbocycles. The maximum Gasteiger partial charge on any atom is 0.114 e. The molecule has 0 amide bonds. The lowest BCUT2D eigenvalue weighted by molar-refractivity contribution is 0.670. The van der Waals surface area contributed by atoms with Gasteiger partial charge in [-0.1, -0.05) is 76.6 Å². The van der Waals surface area contributed by atoms with Crippen LogP contribution in [0.5, 0.6) is 0 Å². The van der Waals surface area contributed by atoms with E-state index in [1.165, 1.54) is 135 Å². The van der Waals surface area contributed by atoms with Crippen LogP contribution in [0.25, 0.3) is 83.3 Å². The second-order valence-electron chi connectivity index (χ2n) is 13.9. The van der Waals surface area contributed by atoms with E-state index in [4.69, 9.17) is 17.5 Å². The summed E-state index contributed by atoms with van der Waals surface area (Å²) in [5.74, 6) is 0. The maximum absolute atomic E-state index is 4.80. The topological polar surface area (TPSA) is 51.6 Å². The zero-order valence-corrected chi connectivity index (χ0v) is 36.5. The molecule has 11 heteroatoms. The van der Waals surface area contributed by atoms with Crippen LogP contribution in [0.1, 0.15) is 75.0 Å². The summed E-state index contributed by atoms with van der Waals surface area (Å²) >= 11 is 12.0. The number of benzene rings is 2. The summed E-state index contributed by atoms with van der Waals surface area (Å²) in [4.78, 5) is 13.1. The Labute approximate surface area is 350 Å². The van der Waals surface area contributed by atoms with E-state index in [1.54, 1.807) is 0 Å². The Balaban J connectivity index is 0.918. The maximum atomic E-state index is 4.80. The van der Waals surface area contributed by atoms with Crippen LogP contribution in [0.2, 0.25) is 0 Å². The molecule has 278 valence electrons. The molecule has 55 heavy (non-hydrogen) atoms. The SMILES string of the molecule is CCCCCCc1ccc(-c2ccc(-c3ccc(-c4ccc(-c5ccc(-c6ccc(-c7ccc(CCCCCC)s7)c7nsnc67)s5)s4)s3)c3nsnc23)s1. The summed E-state index contributed by atoms with van der Waals surface area (Å²) < 4.78 is 19.2. The zero-order chi connectivity index (χ0) is 37.1. The molecule has 2 aromatic carbocycles. The van der Waals surface area contributed by atoms with Crippen LogP contribution in [0.15, 0.2) is 84.9 Å². The molecule has 7 aromatic heterocycles. The van der Waals surface area contributed by atoms with Crippen molar-refractivity contribution in [1.82, 2.24) is 17.5 Å². The van der Waals surface area contributed by atoms with Gasteiger partial charge in [0.1, 0.15) is 22.1 Å². The third-order valence-electron chi connectivity index (χ3n) is 10.1. The summed E-state index contributed by atoms with van der Waals surface area (Å²) in [6, 6.07) is 31.7. The van der Waals surface area contributed by atoms with Crippen LogP contribution in [0.3, 0.4) is 0 Å². The number of unbranched alkanes of at least 4 members (excludes halogenated alkanes) is 6. The molecule has 9 aromatic rings. The van der Waals surface area contributed by atoms with E-state index < -0.39 is 0 Å². The monoisotopic (exact) mass is 848 g/mol. The first-order chi connectivity index (χ1) is 27.2. The molecule has 0 radical (unpaired) electrons. The fraction of sp³-hybridized carbons (Fsp3) is 0.273. The number of hydrogen-bond acceptors (Lipinski definition) is 11. The van der Waals surface area contributed by atoms with Gasteiger partial charge in [0.25, 0.3) is 0 Å². The molecule has 0 aliphatic carbocycles. The highest BCUT2D eigenvalue weighted by atomic mass is 32.1. The molecule has 0 aliphatic heterocycles. The number of aryl methyl sites for hydroxylation is 2. The minimum Gasteiger partial charge on any atom is -0.172 e. The van der Waals surface area contributed by atoms with Crippen molar-refractivity contribution in [3.63, 3.8) is 0 Å². The third-order valence-corrected chi connectivity index (χ3v) is 17.2. The molecule has 0 fully saturated rings. The number of hydrogen-bond donors (Lipinski definition) is 0. The highest BCUT2D eigenvalue weighted by Crippen LogP contribution is 2.46. The van der Waals surface area contributed by atoms with Crippen LogP contribution in [0, 0.1) is 0 Å². The van der Waals surface area contributed by atoms with Gasteiger partial charge in [-0.05, 0) is 86.3 Å². The first-order valence-corrected chi connectivity index (χ1v) is 24.7. The molecule has 9 rings (SSSR count). The number of rotatable bonds is 16. The lowest BCUT2D eigenvalue weighted by Crippen LogP contribution is -1.82. The van der Waals surface area contributed by atoms with Crippen LogP contribution < -0.4 is 0 Å². The highest BCUT2D eigenvalue weighted by Gasteiger charge is 2.19. The minimum absolute atomic E-state index is 1.00. The Morgan fingerprint density at radius 2 is 0.636 bits per heavy atom. The zero-order valence-electron chi connectivity index (χ0n) is 30.8. The van der Waals surface area contributed by atoms with Crippen molar-refractivity contribution < 1.29 is 0 Å². The van der Waals surface area contributed by atoms with E-state index >= 15 is 0 Å². The van der Waals surface area contributed by atoms with E-state index in [2.05, 4.69) is 98.8 Å². The number of fused-ring (bicyclic) bond motifs is 2. The third kappa shape index (κ3) is 7.82. The van der Waals surface area contributed by atoms with E-state index in [1.807, 2.05) is 56.7 Å². The summed E-state index contributed by atoms with van der Waals surface area (Å²) in [6.45, 7) is 4.54. The summed E-state index contributed by atoms with van der Waals surface area (Å²) in [5, 5.41) is 0. The van der Waals surface area contributed by atoms with Gasteiger partial charge in [-0.3, -0.25) is 0 Å². The molecule has 0 spiro atoms. The van der Waals surface area contributed by atoms with Crippen LogP contribution >= 0.6 is 80.1 Å². The molecule has 0 N–H and O–H groups in total. The molecule has 0 unspecified atom stereocenters. The molecule has 7 heterocycles. The molecule has 0 atom stereocenters. The summed E-state index contributed by atoms with van der Waals surface area (Å²) in [6.07, 6.45) is 12.7. The molecular formula is C44H40N4S7. The summed E-state index contributed by atoms with van der Waals surface area (Å²) in [7, 11) is 0. The Kier molecular flexibility index (Phi) is 11.5. The number of aromatic nitrogens is 4. The van der Waals surface area contributed by atoms with E-state index in [9.17, 15) is 0 Å². The predicted molar refractivity (Wildman–Crippen MR) is 246 cm³/mol. The fourth-order valence-electron chi connectivity index (χ4n) is 7.13. The van der Waals surface area contributed by atoms with Crippen molar-refractivity contribution in [2.45, 2.75) is 78.1 Å². The van der Waals surface area contributed by atoms with Gasteiger partial charge in [0.05, 0.1) is 23.5 Å². The molecule has 0 saturated heterocycles. The molecule has 0 aliphatic rings. The smallest absolute Gasteiger partial charge is 0.114 e. The largest absolute Gasteiger partial charge is 0.172 e. The average molecular weight is 849 g/mol.